The number of esters is 5. The normalized spacial score (nSPS) is 22.6. The lowest BCUT2D eigenvalue weighted by molar-refractivity contribution is -0.221. The summed E-state index contributed by atoms with van der Waals surface area (Å²) in [5.74, 6) is -3.72. The zero-order valence-corrected chi connectivity index (χ0v) is 17.4. The van der Waals surface area contributed by atoms with Crippen molar-refractivity contribution in [2.45, 2.75) is 52.2 Å². The van der Waals surface area contributed by atoms with Crippen molar-refractivity contribution < 1.29 is 47.7 Å². The van der Waals surface area contributed by atoms with Crippen LogP contribution in [0.4, 0.5) is 5.69 Å². The molecule has 0 unspecified atom stereocenters. The van der Waals surface area contributed by atoms with Gasteiger partial charge in [0.1, 0.15) is 0 Å². The van der Waals surface area contributed by atoms with Gasteiger partial charge in [-0.15, -0.1) is 0 Å². The molecule has 1 aliphatic heterocycles. The molecule has 31 heavy (non-hydrogen) atoms. The van der Waals surface area contributed by atoms with E-state index in [1.54, 1.807) is 12.1 Å². The molecule has 4 atom stereocenters. The van der Waals surface area contributed by atoms with E-state index in [2.05, 4.69) is 10.1 Å². The Hall–Kier alpha value is -3.47. The summed E-state index contributed by atoms with van der Waals surface area (Å²) in [6.45, 7) is 4.38. The Morgan fingerprint density at radius 2 is 1.42 bits per heavy atom. The van der Waals surface area contributed by atoms with E-state index in [9.17, 15) is 24.0 Å². The quantitative estimate of drug-likeness (QED) is 0.386. The Kier molecular flexibility index (Phi) is 8.08. The fourth-order valence-corrected chi connectivity index (χ4v) is 2.99. The predicted molar refractivity (Wildman–Crippen MR) is 103 cm³/mol. The lowest BCUT2D eigenvalue weighted by Crippen LogP contribution is -2.59. The van der Waals surface area contributed by atoms with Gasteiger partial charge in [0.05, 0.1) is 17.9 Å². The van der Waals surface area contributed by atoms with E-state index in [1.807, 2.05) is 0 Å². The van der Waals surface area contributed by atoms with Gasteiger partial charge in [0.2, 0.25) is 0 Å². The molecule has 1 aromatic rings. The molecule has 0 aliphatic carbocycles. The second-order valence-electron chi connectivity index (χ2n) is 6.62. The maximum Gasteiger partial charge on any atom is 0.347 e. The second-order valence-corrected chi connectivity index (χ2v) is 6.62. The summed E-state index contributed by atoms with van der Waals surface area (Å²) in [7, 11) is 0. The van der Waals surface area contributed by atoms with E-state index < -0.39 is 54.4 Å². The van der Waals surface area contributed by atoms with Crippen LogP contribution in [0.15, 0.2) is 24.3 Å². The molecular formula is C20H23NO10. The van der Waals surface area contributed by atoms with E-state index in [0.717, 1.165) is 20.8 Å². The average Bonchev–Trinajstić information content (AvgIpc) is 2.65. The van der Waals surface area contributed by atoms with Gasteiger partial charge in [-0.25, -0.2) is 4.79 Å². The first-order chi connectivity index (χ1) is 14.6. The van der Waals surface area contributed by atoms with Gasteiger partial charge >= 0.3 is 29.8 Å². The second kappa shape index (κ2) is 10.5. The lowest BCUT2D eigenvalue weighted by Gasteiger charge is -2.41. The summed E-state index contributed by atoms with van der Waals surface area (Å²) in [5.41, 5.74) is 0.234. The summed E-state index contributed by atoms with van der Waals surface area (Å²) in [6.07, 6.45) is -4.52. The van der Waals surface area contributed by atoms with Crippen LogP contribution in [-0.4, -0.2) is 61.0 Å². The zero-order chi connectivity index (χ0) is 23.1. The lowest BCUT2D eigenvalue weighted by atomic mass is 10.0. The van der Waals surface area contributed by atoms with Crippen LogP contribution >= 0.6 is 0 Å². The third-order valence-electron chi connectivity index (χ3n) is 4.03. The summed E-state index contributed by atoms with van der Waals surface area (Å²) in [4.78, 5) is 58.1. The molecule has 0 spiro atoms. The molecule has 0 bridgehead atoms. The Labute approximate surface area is 177 Å². The van der Waals surface area contributed by atoms with Crippen molar-refractivity contribution in [1.29, 1.82) is 0 Å². The van der Waals surface area contributed by atoms with Crippen molar-refractivity contribution in [3.05, 3.63) is 29.8 Å². The molecule has 1 fully saturated rings. The Balaban J connectivity index is 2.35. The Bertz CT molecular complexity index is 867. The van der Waals surface area contributed by atoms with Gasteiger partial charge in [-0.05, 0) is 12.1 Å². The first-order valence-corrected chi connectivity index (χ1v) is 9.30. The van der Waals surface area contributed by atoms with Crippen LogP contribution in [0.2, 0.25) is 0 Å². The monoisotopic (exact) mass is 437 g/mol. The fourth-order valence-electron chi connectivity index (χ4n) is 2.99. The Morgan fingerprint density at radius 1 is 0.839 bits per heavy atom. The highest BCUT2D eigenvalue weighted by molar-refractivity contribution is 6.00. The molecule has 0 aromatic heterocycles. The number of hydrogen-bond acceptors (Lipinski definition) is 11. The predicted octanol–water partition coefficient (Wildman–Crippen LogP) is 0.953. The molecule has 0 amide bonds. The minimum Gasteiger partial charge on any atom is -0.456 e. The van der Waals surface area contributed by atoms with E-state index >= 15 is 0 Å². The van der Waals surface area contributed by atoms with E-state index in [4.69, 9.17) is 18.9 Å². The summed E-state index contributed by atoms with van der Waals surface area (Å²) in [6, 6.07) is 6.11. The molecule has 1 heterocycles. The number of carbonyl (C=O) groups excluding carboxylic acids is 5. The van der Waals surface area contributed by atoms with E-state index in [-0.39, 0.29) is 17.9 Å². The van der Waals surface area contributed by atoms with Crippen LogP contribution in [-0.2, 0) is 42.9 Å². The summed E-state index contributed by atoms with van der Waals surface area (Å²) < 4.78 is 26.0. The molecule has 11 nitrogen and oxygen atoms in total. The smallest absolute Gasteiger partial charge is 0.347 e. The van der Waals surface area contributed by atoms with Crippen LogP contribution in [0, 0.1) is 0 Å². The molecule has 168 valence electrons. The van der Waals surface area contributed by atoms with Gasteiger partial charge in [-0.1, -0.05) is 12.1 Å². The number of benzene rings is 1. The number of anilines is 1. The highest BCUT2D eigenvalue weighted by atomic mass is 16.6. The number of hydrogen-bond donors (Lipinski definition) is 1. The SMILES string of the molecule is CC(=O)OC(=O)c1ccccc1N[C@@H]1OC[C@@H](OC(C)=O)[C@H](OC(C)=O)[C@H]1OC(C)=O. The number of carbonyl (C=O) groups is 5. The molecule has 2 rings (SSSR count). The average molecular weight is 437 g/mol. The third-order valence-corrected chi connectivity index (χ3v) is 4.03. The van der Waals surface area contributed by atoms with Crippen LogP contribution in [0.5, 0.6) is 0 Å². The van der Waals surface area contributed by atoms with Crippen LogP contribution in [0.1, 0.15) is 38.1 Å². The maximum atomic E-state index is 12.2. The first kappa shape index (κ1) is 23.8. The van der Waals surface area contributed by atoms with Gasteiger partial charge in [-0.2, -0.15) is 0 Å². The van der Waals surface area contributed by atoms with Gasteiger partial charge in [0.25, 0.3) is 0 Å². The summed E-state index contributed by atoms with van der Waals surface area (Å²) in [5, 5.41) is 2.89. The molecule has 1 N–H and O–H groups in total. The van der Waals surface area contributed by atoms with Gasteiger partial charge in [-0.3, -0.25) is 19.2 Å². The van der Waals surface area contributed by atoms with Gasteiger partial charge < -0.3 is 29.0 Å². The van der Waals surface area contributed by atoms with Crippen LogP contribution < -0.4 is 5.32 Å². The van der Waals surface area contributed by atoms with Crippen molar-refractivity contribution in [2.75, 3.05) is 11.9 Å². The highest BCUT2D eigenvalue weighted by Gasteiger charge is 2.47. The van der Waals surface area contributed by atoms with Crippen molar-refractivity contribution in [3.8, 4) is 0 Å². The molecule has 0 saturated carbocycles. The molecule has 11 heteroatoms. The number of nitrogens with one attached hydrogen (secondary N) is 1. The number of ether oxygens (including phenoxy) is 5. The number of para-hydroxylation sites is 1. The highest BCUT2D eigenvalue weighted by Crippen LogP contribution is 2.27. The Morgan fingerprint density at radius 3 is 2.00 bits per heavy atom. The maximum absolute atomic E-state index is 12.2. The largest absolute Gasteiger partial charge is 0.456 e. The van der Waals surface area contributed by atoms with E-state index in [0.29, 0.717) is 0 Å². The third kappa shape index (κ3) is 6.78. The summed E-state index contributed by atoms with van der Waals surface area (Å²) >= 11 is 0. The zero-order valence-electron chi connectivity index (χ0n) is 17.4. The van der Waals surface area contributed by atoms with Crippen molar-refractivity contribution in [3.63, 3.8) is 0 Å². The fraction of sp³-hybridized carbons (Fsp3) is 0.450. The van der Waals surface area contributed by atoms with Crippen LogP contribution in [0.25, 0.3) is 0 Å². The number of rotatable bonds is 6. The van der Waals surface area contributed by atoms with Crippen molar-refractivity contribution in [2.24, 2.45) is 0 Å². The molecular weight excluding hydrogens is 414 g/mol. The standard InChI is InChI=1S/C20H23NO10/c1-10(22)28-16-9-27-19(18(30-12(3)24)17(16)29-11(2)23)21-15-8-6-5-7-14(15)20(26)31-13(4)25/h5-8,16-19,21H,9H2,1-4H3/t16-,17+,18-,19-/m1/s1. The van der Waals surface area contributed by atoms with Crippen molar-refractivity contribution in [1.82, 2.24) is 0 Å². The van der Waals surface area contributed by atoms with Gasteiger partial charge in [0.15, 0.2) is 24.5 Å². The van der Waals surface area contributed by atoms with Crippen LogP contribution in [0.3, 0.4) is 0 Å². The molecule has 1 saturated heterocycles. The topological polar surface area (TPSA) is 144 Å². The molecule has 1 aromatic carbocycles. The minimum absolute atomic E-state index is 0.0222. The first-order valence-electron chi connectivity index (χ1n) is 9.30. The van der Waals surface area contributed by atoms with Gasteiger partial charge in [0, 0.05) is 27.7 Å². The minimum atomic E-state index is -1.23. The van der Waals surface area contributed by atoms with E-state index in [1.165, 1.54) is 19.1 Å². The van der Waals surface area contributed by atoms with Crippen molar-refractivity contribution >= 4 is 35.5 Å². The molecule has 0 radical (unpaired) electrons. The molecule has 1 aliphatic rings.